The molecular formula is C21H35N3O3. The first-order valence-electron chi connectivity index (χ1n) is 10.0. The third-order valence-corrected chi connectivity index (χ3v) is 5.47. The van der Waals surface area contributed by atoms with E-state index in [2.05, 4.69) is 35.0 Å². The van der Waals surface area contributed by atoms with Crippen LogP contribution in [0.2, 0.25) is 0 Å². The van der Waals surface area contributed by atoms with Crippen molar-refractivity contribution in [3.63, 3.8) is 0 Å². The van der Waals surface area contributed by atoms with E-state index < -0.39 is 0 Å². The summed E-state index contributed by atoms with van der Waals surface area (Å²) in [7, 11) is 3.35. The summed E-state index contributed by atoms with van der Waals surface area (Å²) in [5, 5.41) is 3.11. The largest absolute Gasteiger partial charge is 0.497 e. The maximum Gasteiger partial charge on any atom is 0.223 e. The van der Waals surface area contributed by atoms with E-state index in [1.54, 1.807) is 14.2 Å². The Bertz CT molecular complexity index is 582. The predicted octanol–water partition coefficient (Wildman–Crippen LogP) is 2.37. The van der Waals surface area contributed by atoms with E-state index >= 15 is 0 Å². The van der Waals surface area contributed by atoms with Gasteiger partial charge in [-0.1, -0.05) is 19.9 Å². The topological polar surface area (TPSA) is 54.0 Å². The summed E-state index contributed by atoms with van der Waals surface area (Å²) in [5.41, 5.74) is 1.15. The van der Waals surface area contributed by atoms with Crippen LogP contribution in [0.3, 0.4) is 0 Å². The van der Waals surface area contributed by atoms with Crippen LogP contribution in [0.25, 0.3) is 0 Å². The zero-order chi connectivity index (χ0) is 19.6. The van der Waals surface area contributed by atoms with Crippen LogP contribution in [0.4, 0.5) is 0 Å². The molecule has 0 aliphatic carbocycles. The van der Waals surface area contributed by atoms with Crippen molar-refractivity contribution < 1.29 is 14.3 Å². The van der Waals surface area contributed by atoms with Crippen molar-refractivity contribution in [1.29, 1.82) is 0 Å². The van der Waals surface area contributed by atoms with Crippen LogP contribution in [0, 0.1) is 5.92 Å². The second-order valence-electron chi connectivity index (χ2n) is 7.05. The van der Waals surface area contributed by atoms with Crippen molar-refractivity contribution in [3.05, 3.63) is 23.8 Å². The second-order valence-corrected chi connectivity index (χ2v) is 7.05. The molecule has 1 aromatic carbocycles. The lowest BCUT2D eigenvalue weighted by Crippen LogP contribution is -2.42. The van der Waals surface area contributed by atoms with Crippen LogP contribution >= 0.6 is 0 Å². The molecule has 1 aliphatic heterocycles. The molecule has 0 atom stereocenters. The molecule has 152 valence electrons. The van der Waals surface area contributed by atoms with E-state index in [1.807, 2.05) is 12.1 Å². The number of carbonyl (C=O) groups excluding carboxylic acids is 1. The Hall–Kier alpha value is -1.79. The molecule has 6 nitrogen and oxygen atoms in total. The number of carbonyl (C=O) groups is 1. The first-order chi connectivity index (χ1) is 13.1. The van der Waals surface area contributed by atoms with Crippen LogP contribution in [0.5, 0.6) is 11.5 Å². The first-order valence-corrected chi connectivity index (χ1v) is 10.0. The Kier molecular flexibility index (Phi) is 8.88. The van der Waals surface area contributed by atoms with Gasteiger partial charge in [-0.25, -0.2) is 0 Å². The Morgan fingerprint density at radius 2 is 1.89 bits per heavy atom. The molecule has 27 heavy (non-hydrogen) atoms. The fourth-order valence-corrected chi connectivity index (χ4v) is 3.60. The van der Waals surface area contributed by atoms with Gasteiger partial charge in [0.2, 0.25) is 5.91 Å². The van der Waals surface area contributed by atoms with Gasteiger partial charge >= 0.3 is 0 Å². The number of hydrogen-bond acceptors (Lipinski definition) is 5. The molecule has 1 heterocycles. The lowest BCUT2D eigenvalue weighted by molar-refractivity contribution is -0.126. The minimum absolute atomic E-state index is 0.135. The number of amides is 1. The zero-order valence-corrected chi connectivity index (χ0v) is 17.3. The summed E-state index contributed by atoms with van der Waals surface area (Å²) in [4.78, 5) is 17.1. The third kappa shape index (κ3) is 6.40. The Balaban J connectivity index is 1.77. The van der Waals surface area contributed by atoms with Gasteiger partial charge in [0.05, 0.1) is 14.2 Å². The second kappa shape index (κ2) is 11.1. The van der Waals surface area contributed by atoms with E-state index in [9.17, 15) is 4.79 Å². The fourth-order valence-electron chi connectivity index (χ4n) is 3.60. The van der Waals surface area contributed by atoms with E-state index in [1.165, 1.54) is 0 Å². The number of nitrogens with zero attached hydrogens (tertiary/aromatic N) is 2. The van der Waals surface area contributed by atoms with Gasteiger partial charge in [0.1, 0.15) is 11.5 Å². The van der Waals surface area contributed by atoms with Crippen molar-refractivity contribution >= 4 is 5.91 Å². The highest BCUT2D eigenvalue weighted by Gasteiger charge is 2.25. The maximum absolute atomic E-state index is 12.4. The van der Waals surface area contributed by atoms with Gasteiger partial charge in [0.25, 0.3) is 0 Å². The van der Waals surface area contributed by atoms with Crippen LogP contribution in [-0.2, 0) is 11.3 Å². The zero-order valence-electron chi connectivity index (χ0n) is 17.3. The van der Waals surface area contributed by atoms with Gasteiger partial charge in [0.15, 0.2) is 0 Å². The minimum Gasteiger partial charge on any atom is -0.497 e. The predicted molar refractivity (Wildman–Crippen MR) is 108 cm³/mol. The van der Waals surface area contributed by atoms with Gasteiger partial charge in [0, 0.05) is 37.2 Å². The molecule has 6 heteroatoms. The first kappa shape index (κ1) is 21.5. The van der Waals surface area contributed by atoms with Crippen molar-refractivity contribution in [2.24, 2.45) is 5.92 Å². The maximum atomic E-state index is 12.4. The minimum atomic E-state index is 0.135. The fraction of sp³-hybridized carbons (Fsp3) is 0.667. The highest BCUT2D eigenvalue weighted by molar-refractivity contribution is 5.78. The number of piperidine rings is 1. The Labute approximate surface area is 163 Å². The monoisotopic (exact) mass is 377 g/mol. The molecule has 0 unspecified atom stereocenters. The van der Waals surface area contributed by atoms with Crippen molar-refractivity contribution in [1.82, 2.24) is 15.1 Å². The molecule has 0 radical (unpaired) electrons. The number of likely N-dealkylation sites (N-methyl/N-ethyl adjacent to an activating group) is 1. The number of ether oxygens (including phenoxy) is 2. The highest BCUT2D eigenvalue weighted by Crippen LogP contribution is 2.27. The average molecular weight is 378 g/mol. The number of rotatable bonds is 10. The summed E-state index contributed by atoms with van der Waals surface area (Å²) < 4.78 is 10.8. The molecule has 1 saturated heterocycles. The molecule has 1 aliphatic rings. The SMILES string of the molecule is CCN(CC)CCNC(=O)C1CCN(Cc2ccc(OC)cc2OC)CC1. The van der Waals surface area contributed by atoms with Gasteiger partial charge in [-0.05, 0) is 45.1 Å². The van der Waals surface area contributed by atoms with Gasteiger partial charge in [-0.3, -0.25) is 9.69 Å². The summed E-state index contributed by atoms with van der Waals surface area (Å²) in [6.45, 7) is 10.7. The average Bonchev–Trinajstić information content (AvgIpc) is 2.72. The Morgan fingerprint density at radius 1 is 1.19 bits per heavy atom. The van der Waals surface area contributed by atoms with E-state index in [4.69, 9.17) is 9.47 Å². The normalized spacial score (nSPS) is 15.7. The molecule has 1 fully saturated rings. The number of hydrogen-bond donors (Lipinski definition) is 1. The molecule has 1 amide bonds. The molecule has 1 aromatic rings. The molecule has 0 spiro atoms. The summed E-state index contributed by atoms with van der Waals surface area (Å²) in [6, 6.07) is 5.95. The standard InChI is InChI=1S/C21H35N3O3/c1-5-23(6-2)14-11-22-21(25)17-9-12-24(13-10-17)16-18-7-8-19(26-3)15-20(18)27-4/h7-8,15,17H,5-6,9-14,16H2,1-4H3,(H,22,25). The van der Waals surface area contributed by atoms with Crippen molar-refractivity contribution in [2.45, 2.75) is 33.2 Å². The molecule has 1 N–H and O–H groups in total. The number of methoxy groups -OCH3 is 2. The molecular weight excluding hydrogens is 342 g/mol. The number of benzene rings is 1. The summed E-state index contributed by atoms with van der Waals surface area (Å²) in [5.74, 6) is 2.00. The molecule has 0 saturated carbocycles. The van der Waals surface area contributed by atoms with Gasteiger partial charge in [-0.15, -0.1) is 0 Å². The van der Waals surface area contributed by atoms with Crippen LogP contribution in [0.1, 0.15) is 32.3 Å². The van der Waals surface area contributed by atoms with Gasteiger partial charge < -0.3 is 19.7 Å². The smallest absolute Gasteiger partial charge is 0.223 e. The van der Waals surface area contributed by atoms with E-state index in [0.29, 0.717) is 0 Å². The third-order valence-electron chi connectivity index (χ3n) is 5.47. The van der Waals surface area contributed by atoms with Gasteiger partial charge in [-0.2, -0.15) is 0 Å². The van der Waals surface area contributed by atoms with Crippen LogP contribution in [-0.4, -0.2) is 69.2 Å². The summed E-state index contributed by atoms with van der Waals surface area (Å²) >= 11 is 0. The van der Waals surface area contributed by atoms with Crippen molar-refractivity contribution in [3.8, 4) is 11.5 Å². The van der Waals surface area contributed by atoms with Crippen LogP contribution < -0.4 is 14.8 Å². The highest BCUT2D eigenvalue weighted by atomic mass is 16.5. The van der Waals surface area contributed by atoms with E-state index in [0.717, 1.165) is 75.7 Å². The van der Waals surface area contributed by atoms with E-state index in [-0.39, 0.29) is 11.8 Å². The lowest BCUT2D eigenvalue weighted by atomic mass is 9.95. The van der Waals surface area contributed by atoms with Crippen molar-refractivity contribution in [2.75, 3.05) is 53.5 Å². The van der Waals surface area contributed by atoms with Crippen LogP contribution in [0.15, 0.2) is 18.2 Å². The quantitative estimate of drug-likeness (QED) is 0.678. The lowest BCUT2D eigenvalue weighted by Gasteiger charge is -2.31. The number of nitrogens with one attached hydrogen (secondary N) is 1. The summed E-state index contributed by atoms with van der Waals surface area (Å²) in [6.07, 6.45) is 1.82. The number of likely N-dealkylation sites (tertiary alicyclic amines) is 1. The molecule has 0 aromatic heterocycles. The molecule has 0 bridgehead atoms. The molecule has 2 rings (SSSR count). The Morgan fingerprint density at radius 3 is 2.48 bits per heavy atom.